The van der Waals surface area contributed by atoms with E-state index in [9.17, 15) is 0 Å². The molecule has 0 unspecified atom stereocenters. The molecule has 0 atom stereocenters. The van der Waals surface area contributed by atoms with Gasteiger partial charge in [0.05, 0.1) is 15.9 Å². The van der Waals surface area contributed by atoms with Gasteiger partial charge in [0.25, 0.3) is 0 Å². The summed E-state index contributed by atoms with van der Waals surface area (Å²) in [6.07, 6.45) is 0. The van der Waals surface area contributed by atoms with Crippen LogP contribution in [0.25, 0.3) is 119 Å². The second-order valence-electron chi connectivity index (χ2n) is 14.0. The largest absolute Gasteiger partial charge is 0.456 e. The van der Waals surface area contributed by atoms with E-state index in [1.165, 1.54) is 20.2 Å². The molecular formula is C49H27N5OS2. The summed E-state index contributed by atoms with van der Waals surface area (Å²) < 4.78 is 11.3. The first-order chi connectivity index (χ1) is 28.2. The number of aromatic nitrogens is 5. The Morgan fingerprint density at radius 1 is 0.368 bits per heavy atom. The van der Waals surface area contributed by atoms with Crippen LogP contribution in [0.2, 0.25) is 0 Å². The van der Waals surface area contributed by atoms with Crippen LogP contribution in [0.5, 0.6) is 0 Å². The molecule has 0 amide bonds. The molecule has 6 nitrogen and oxygen atoms in total. The predicted octanol–water partition coefficient (Wildman–Crippen LogP) is 13.6. The Morgan fingerprint density at radius 3 is 1.65 bits per heavy atom. The predicted molar refractivity (Wildman–Crippen MR) is 236 cm³/mol. The van der Waals surface area contributed by atoms with Crippen molar-refractivity contribution in [1.29, 1.82) is 0 Å². The van der Waals surface area contributed by atoms with Gasteiger partial charge in [-0.05, 0) is 30.3 Å². The Kier molecular flexibility index (Phi) is 7.17. The molecule has 266 valence electrons. The van der Waals surface area contributed by atoms with Gasteiger partial charge >= 0.3 is 0 Å². The molecule has 0 aliphatic heterocycles. The molecule has 8 heteroatoms. The molecule has 0 aliphatic rings. The van der Waals surface area contributed by atoms with Gasteiger partial charge in [-0.1, -0.05) is 133 Å². The van der Waals surface area contributed by atoms with Crippen molar-refractivity contribution in [3.8, 4) is 56.8 Å². The van der Waals surface area contributed by atoms with Crippen molar-refractivity contribution in [2.75, 3.05) is 0 Å². The molecule has 0 N–H and O–H groups in total. The first-order valence-corrected chi connectivity index (χ1v) is 20.3. The molecule has 5 aromatic heterocycles. The number of thiophene rings is 2. The van der Waals surface area contributed by atoms with E-state index in [1.54, 1.807) is 22.7 Å². The van der Waals surface area contributed by atoms with E-state index in [2.05, 4.69) is 78.9 Å². The van der Waals surface area contributed by atoms with Gasteiger partial charge in [-0.25, -0.2) is 24.9 Å². The van der Waals surface area contributed by atoms with Crippen molar-refractivity contribution in [2.45, 2.75) is 0 Å². The number of furan rings is 1. The fourth-order valence-corrected chi connectivity index (χ4v) is 10.2. The molecule has 12 aromatic rings. The quantitative estimate of drug-likeness (QED) is 0.174. The summed E-state index contributed by atoms with van der Waals surface area (Å²) in [4.78, 5) is 26.0. The summed E-state index contributed by atoms with van der Waals surface area (Å²) >= 11 is 3.52. The van der Waals surface area contributed by atoms with Crippen LogP contribution in [0.1, 0.15) is 0 Å². The van der Waals surface area contributed by atoms with E-state index < -0.39 is 0 Å². The van der Waals surface area contributed by atoms with Gasteiger partial charge in [0.2, 0.25) is 0 Å². The van der Waals surface area contributed by atoms with E-state index in [0.29, 0.717) is 23.3 Å². The lowest BCUT2D eigenvalue weighted by atomic mass is 9.99. The number of hydrogen-bond donors (Lipinski definition) is 0. The topological polar surface area (TPSA) is 77.6 Å². The standard InChI is InChI=1S/C49H27N5OS2/c1-3-13-28(14-4-1)46-52-47(29-15-5-2-6-16-29)54-49(53-46)35-20-12-22-37-42(35)41-34(19-11-21-36(41)55-37)44-45-43(33-18-8-10-24-39(33)57-45)50-48(51-44)30-25-26-32-31-17-7-9-23-38(31)56-40(32)27-30/h1-27H. The fraction of sp³-hybridized carbons (Fsp3) is 0. The fourth-order valence-electron chi connectivity index (χ4n) is 7.95. The van der Waals surface area contributed by atoms with Crippen LogP contribution in [0.15, 0.2) is 168 Å². The average Bonchev–Trinajstić information content (AvgIpc) is 3.97. The monoisotopic (exact) mass is 765 g/mol. The molecule has 5 heterocycles. The van der Waals surface area contributed by atoms with E-state index in [4.69, 9.17) is 29.3 Å². The number of rotatable bonds is 5. The molecule has 0 radical (unpaired) electrons. The summed E-state index contributed by atoms with van der Waals surface area (Å²) in [5.41, 5.74) is 7.93. The minimum Gasteiger partial charge on any atom is -0.456 e. The van der Waals surface area contributed by atoms with Gasteiger partial charge in [0, 0.05) is 68.8 Å². The third-order valence-electron chi connectivity index (χ3n) is 10.6. The summed E-state index contributed by atoms with van der Waals surface area (Å²) in [5.74, 6) is 2.46. The zero-order valence-electron chi connectivity index (χ0n) is 30.0. The zero-order chi connectivity index (χ0) is 37.5. The molecule has 57 heavy (non-hydrogen) atoms. The Hall–Kier alpha value is -7.13. The molecule has 12 rings (SSSR count). The van der Waals surface area contributed by atoms with E-state index in [0.717, 1.165) is 75.8 Å². The highest BCUT2D eigenvalue weighted by Gasteiger charge is 2.24. The van der Waals surface area contributed by atoms with Crippen LogP contribution in [0.3, 0.4) is 0 Å². The maximum atomic E-state index is 6.66. The van der Waals surface area contributed by atoms with Gasteiger partial charge in [-0.15, -0.1) is 22.7 Å². The van der Waals surface area contributed by atoms with E-state index in [-0.39, 0.29) is 0 Å². The second-order valence-corrected chi connectivity index (χ2v) is 16.1. The SMILES string of the molecule is c1ccc(-c2nc(-c3ccccc3)nc(-c3cccc4oc5cccc(-c6nc(-c7ccc8c(c7)sc7ccccc78)nc7c6sc6ccccc67)c5c34)n2)cc1. The third kappa shape index (κ3) is 5.19. The summed E-state index contributed by atoms with van der Waals surface area (Å²) in [7, 11) is 0. The number of nitrogens with zero attached hydrogens (tertiary/aromatic N) is 5. The highest BCUT2D eigenvalue weighted by molar-refractivity contribution is 7.26. The van der Waals surface area contributed by atoms with E-state index >= 15 is 0 Å². The lowest BCUT2D eigenvalue weighted by molar-refractivity contribution is 0.669. The molecule has 0 saturated carbocycles. The van der Waals surface area contributed by atoms with Gasteiger partial charge < -0.3 is 4.42 Å². The van der Waals surface area contributed by atoms with Crippen molar-refractivity contribution < 1.29 is 4.42 Å². The summed E-state index contributed by atoms with van der Waals surface area (Å²) in [6.45, 7) is 0. The highest BCUT2D eigenvalue weighted by Crippen LogP contribution is 2.46. The molecule has 7 aromatic carbocycles. The summed E-state index contributed by atoms with van der Waals surface area (Å²) in [6, 6.07) is 56.1. The minimum absolute atomic E-state index is 0.567. The maximum absolute atomic E-state index is 6.66. The normalized spacial score (nSPS) is 11.9. The Balaban J connectivity index is 1.13. The van der Waals surface area contributed by atoms with Crippen molar-refractivity contribution in [2.24, 2.45) is 0 Å². The molecule has 0 fully saturated rings. The van der Waals surface area contributed by atoms with Crippen LogP contribution in [0, 0.1) is 0 Å². The maximum Gasteiger partial charge on any atom is 0.164 e. The average molecular weight is 766 g/mol. The van der Waals surface area contributed by atoms with E-state index in [1.807, 2.05) is 84.9 Å². The molecule has 0 saturated heterocycles. The van der Waals surface area contributed by atoms with Crippen LogP contribution >= 0.6 is 22.7 Å². The van der Waals surface area contributed by atoms with Crippen molar-refractivity contribution >= 4 is 85.1 Å². The van der Waals surface area contributed by atoms with Gasteiger partial charge in [-0.3, -0.25) is 0 Å². The van der Waals surface area contributed by atoms with Crippen LogP contribution in [-0.4, -0.2) is 24.9 Å². The first kappa shape index (κ1) is 32.1. The number of fused-ring (bicyclic) bond motifs is 9. The highest BCUT2D eigenvalue weighted by atomic mass is 32.1. The summed E-state index contributed by atoms with van der Waals surface area (Å²) in [5, 5.41) is 5.50. The number of hydrogen-bond acceptors (Lipinski definition) is 8. The van der Waals surface area contributed by atoms with Gasteiger partial charge in [-0.2, -0.15) is 0 Å². The Morgan fingerprint density at radius 2 is 0.930 bits per heavy atom. The lowest BCUT2D eigenvalue weighted by Gasteiger charge is -2.11. The molecule has 0 bridgehead atoms. The molecule has 0 aliphatic carbocycles. The minimum atomic E-state index is 0.567. The Bertz CT molecular complexity index is 3480. The molecular weight excluding hydrogens is 739 g/mol. The van der Waals surface area contributed by atoms with Crippen LogP contribution in [0.4, 0.5) is 0 Å². The smallest absolute Gasteiger partial charge is 0.164 e. The van der Waals surface area contributed by atoms with Crippen LogP contribution < -0.4 is 0 Å². The third-order valence-corrected chi connectivity index (χ3v) is 12.9. The van der Waals surface area contributed by atoms with Crippen molar-refractivity contribution in [3.05, 3.63) is 164 Å². The van der Waals surface area contributed by atoms with Crippen molar-refractivity contribution in [1.82, 2.24) is 24.9 Å². The second kappa shape index (κ2) is 12.7. The Labute approximate surface area is 333 Å². The number of benzene rings is 7. The van der Waals surface area contributed by atoms with Crippen molar-refractivity contribution in [3.63, 3.8) is 0 Å². The zero-order valence-corrected chi connectivity index (χ0v) is 31.7. The van der Waals surface area contributed by atoms with Gasteiger partial charge in [0.1, 0.15) is 11.2 Å². The first-order valence-electron chi connectivity index (χ1n) is 18.7. The van der Waals surface area contributed by atoms with Gasteiger partial charge in [0.15, 0.2) is 23.3 Å². The lowest BCUT2D eigenvalue weighted by Crippen LogP contribution is -2.00. The molecule has 0 spiro atoms. The van der Waals surface area contributed by atoms with Crippen LogP contribution in [-0.2, 0) is 0 Å².